The van der Waals surface area contributed by atoms with E-state index < -0.39 is 0 Å². The van der Waals surface area contributed by atoms with Crippen LogP contribution in [-0.4, -0.2) is 30.4 Å². The van der Waals surface area contributed by atoms with Crippen molar-refractivity contribution in [2.45, 2.75) is 19.9 Å². The Labute approximate surface area is 151 Å². The minimum Gasteiger partial charge on any atom is -0.469 e. The van der Waals surface area contributed by atoms with Crippen molar-refractivity contribution in [3.8, 4) is 0 Å². The molecule has 0 N–H and O–H groups in total. The molecule has 0 fully saturated rings. The van der Waals surface area contributed by atoms with Crippen LogP contribution in [0.3, 0.4) is 0 Å². The third-order valence-corrected chi connectivity index (χ3v) is 4.77. The standard InChI is InChI=1S/C18H20ClNO3S/c1-13(18(22)23-2)11-20(12-14-5-7-15(19)8-6-14)17(21)10-16-4-3-9-24-16/h3-9,13H,10-12H2,1-2H3. The molecule has 4 nitrogen and oxygen atoms in total. The van der Waals surface area contributed by atoms with Crippen LogP contribution in [0.4, 0.5) is 0 Å². The first kappa shape index (κ1) is 18.5. The Morgan fingerprint density at radius 3 is 2.54 bits per heavy atom. The third kappa shape index (κ3) is 5.35. The second kappa shape index (κ2) is 8.85. The molecule has 2 rings (SSSR count). The number of benzene rings is 1. The number of hydrogen-bond donors (Lipinski definition) is 0. The van der Waals surface area contributed by atoms with Gasteiger partial charge in [0.25, 0.3) is 0 Å². The van der Waals surface area contributed by atoms with Gasteiger partial charge in [-0.05, 0) is 29.1 Å². The molecule has 1 atom stereocenters. The molecule has 6 heteroatoms. The lowest BCUT2D eigenvalue weighted by Crippen LogP contribution is -2.37. The highest BCUT2D eigenvalue weighted by atomic mass is 35.5. The Morgan fingerprint density at radius 1 is 1.25 bits per heavy atom. The second-order valence-electron chi connectivity index (χ2n) is 5.58. The van der Waals surface area contributed by atoms with E-state index in [0.717, 1.165) is 10.4 Å². The first-order valence-electron chi connectivity index (χ1n) is 7.62. The summed E-state index contributed by atoms with van der Waals surface area (Å²) in [6.07, 6.45) is 0.332. The smallest absolute Gasteiger partial charge is 0.310 e. The van der Waals surface area contributed by atoms with Gasteiger partial charge >= 0.3 is 5.97 Å². The molecule has 1 aromatic carbocycles. The maximum atomic E-state index is 12.7. The molecule has 1 amide bonds. The van der Waals surface area contributed by atoms with Crippen LogP contribution in [0.5, 0.6) is 0 Å². The van der Waals surface area contributed by atoms with Crippen molar-refractivity contribution in [1.82, 2.24) is 4.90 Å². The number of methoxy groups -OCH3 is 1. The van der Waals surface area contributed by atoms with Gasteiger partial charge < -0.3 is 9.64 Å². The number of ether oxygens (including phenoxy) is 1. The van der Waals surface area contributed by atoms with E-state index in [1.165, 1.54) is 7.11 Å². The largest absolute Gasteiger partial charge is 0.469 e. The fourth-order valence-corrected chi connectivity index (χ4v) is 3.17. The maximum absolute atomic E-state index is 12.7. The van der Waals surface area contributed by atoms with Gasteiger partial charge in [0, 0.05) is 23.0 Å². The first-order chi connectivity index (χ1) is 11.5. The summed E-state index contributed by atoms with van der Waals surface area (Å²) in [5.41, 5.74) is 0.969. The van der Waals surface area contributed by atoms with Crippen LogP contribution in [0.15, 0.2) is 41.8 Å². The first-order valence-corrected chi connectivity index (χ1v) is 8.87. The average Bonchev–Trinajstić information content (AvgIpc) is 3.08. The lowest BCUT2D eigenvalue weighted by molar-refractivity contribution is -0.146. The van der Waals surface area contributed by atoms with Crippen molar-refractivity contribution in [3.63, 3.8) is 0 Å². The zero-order valence-electron chi connectivity index (χ0n) is 13.7. The SMILES string of the molecule is COC(=O)C(C)CN(Cc1ccc(Cl)cc1)C(=O)Cc1cccs1. The highest BCUT2D eigenvalue weighted by molar-refractivity contribution is 7.10. The molecule has 128 valence electrons. The van der Waals surface area contributed by atoms with Crippen molar-refractivity contribution < 1.29 is 14.3 Å². The molecule has 2 aromatic rings. The number of halogens is 1. The third-order valence-electron chi connectivity index (χ3n) is 3.64. The molecule has 0 aliphatic carbocycles. The van der Waals surface area contributed by atoms with Crippen LogP contribution in [0.1, 0.15) is 17.4 Å². The fraction of sp³-hybridized carbons (Fsp3) is 0.333. The molecular formula is C18H20ClNO3S. The van der Waals surface area contributed by atoms with Crippen LogP contribution in [0.25, 0.3) is 0 Å². The normalized spacial score (nSPS) is 11.8. The highest BCUT2D eigenvalue weighted by Crippen LogP contribution is 2.16. The van der Waals surface area contributed by atoms with Gasteiger partial charge in [-0.1, -0.05) is 36.7 Å². The van der Waals surface area contributed by atoms with E-state index in [1.54, 1.807) is 35.3 Å². The van der Waals surface area contributed by atoms with Gasteiger partial charge in [0.15, 0.2) is 0 Å². The Balaban J connectivity index is 2.11. The quantitative estimate of drug-likeness (QED) is 0.701. The van der Waals surface area contributed by atoms with Crippen molar-refractivity contribution in [1.29, 1.82) is 0 Å². The van der Waals surface area contributed by atoms with Crippen molar-refractivity contribution in [3.05, 3.63) is 57.2 Å². The monoisotopic (exact) mass is 365 g/mol. The van der Waals surface area contributed by atoms with Crippen LogP contribution >= 0.6 is 22.9 Å². The summed E-state index contributed by atoms with van der Waals surface area (Å²) in [4.78, 5) is 27.1. The molecule has 1 unspecified atom stereocenters. The van der Waals surface area contributed by atoms with E-state index in [-0.39, 0.29) is 17.8 Å². The number of esters is 1. The van der Waals surface area contributed by atoms with E-state index in [0.29, 0.717) is 24.5 Å². The molecule has 0 spiro atoms. The molecule has 0 bridgehead atoms. The highest BCUT2D eigenvalue weighted by Gasteiger charge is 2.22. The molecule has 0 saturated heterocycles. The molecule has 0 saturated carbocycles. The fourth-order valence-electron chi connectivity index (χ4n) is 2.35. The summed E-state index contributed by atoms with van der Waals surface area (Å²) < 4.78 is 4.77. The van der Waals surface area contributed by atoms with Crippen LogP contribution < -0.4 is 0 Å². The van der Waals surface area contributed by atoms with Gasteiger partial charge in [-0.3, -0.25) is 9.59 Å². The zero-order chi connectivity index (χ0) is 17.5. The van der Waals surface area contributed by atoms with Crippen LogP contribution in [0.2, 0.25) is 5.02 Å². The lowest BCUT2D eigenvalue weighted by Gasteiger charge is -2.25. The Kier molecular flexibility index (Phi) is 6.82. The molecule has 1 aromatic heterocycles. The molecular weight excluding hydrogens is 346 g/mol. The molecule has 1 heterocycles. The van der Waals surface area contributed by atoms with E-state index >= 15 is 0 Å². The van der Waals surface area contributed by atoms with Crippen molar-refractivity contribution in [2.75, 3.05) is 13.7 Å². The summed E-state index contributed by atoms with van der Waals surface area (Å²) in [5, 5.41) is 2.60. The van der Waals surface area contributed by atoms with Crippen molar-refractivity contribution in [2.24, 2.45) is 5.92 Å². The summed E-state index contributed by atoms with van der Waals surface area (Å²) in [6.45, 7) is 2.52. The van der Waals surface area contributed by atoms with Gasteiger partial charge in [0.2, 0.25) is 5.91 Å². The number of amides is 1. The minimum absolute atomic E-state index is 0.0110. The van der Waals surface area contributed by atoms with Crippen LogP contribution in [0, 0.1) is 5.92 Å². The zero-order valence-corrected chi connectivity index (χ0v) is 15.3. The molecule has 0 aliphatic heterocycles. The van der Waals surface area contributed by atoms with Crippen molar-refractivity contribution >= 4 is 34.8 Å². The number of nitrogens with zero attached hydrogens (tertiary/aromatic N) is 1. The summed E-state index contributed by atoms with van der Waals surface area (Å²) in [6, 6.07) is 11.2. The topological polar surface area (TPSA) is 46.6 Å². The van der Waals surface area contributed by atoms with Gasteiger partial charge in [-0.2, -0.15) is 0 Å². The molecule has 24 heavy (non-hydrogen) atoms. The summed E-state index contributed by atoms with van der Waals surface area (Å²) in [7, 11) is 1.36. The number of carbonyl (C=O) groups is 2. The number of thiophene rings is 1. The summed E-state index contributed by atoms with van der Waals surface area (Å²) in [5.74, 6) is -0.710. The van der Waals surface area contributed by atoms with E-state index in [4.69, 9.17) is 16.3 Å². The Hall–Kier alpha value is -1.85. The van der Waals surface area contributed by atoms with Gasteiger partial charge in [-0.25, -0.2) is 0 Å². The predicted molar refractivity (Wildman–Crippen MR) is 96.1 cm³/mol. The average molecular weight is 366 g/mol. The van der Waals surface area contributed by atoms with Gasteiger partial charge in [-0.15, -0.1) is 11.3 Å². The summed E-state index contributed by atoms with van der Waals surface area (Å²) >= 11 is 7.46. The van der Waals surface area contributed by atoms with E-state index in [9.17, 15) is 9.59 Å². The minimum atomic E-state index is -0.380. The predicted octanol–water partition coefficient (Wildman–Crippen LogP) is 3.78. The van der Waals surface area contributed by atoms with Gasteiger partial charge in [0.1, 0.15) is 0 Å². The number of carbonyl (C=O) groups excluding carboxylic acids is 2. The van der Waals surface area contributed by atoms with Crippen LogP contribution in [-0.2, 0) is 27.3 Å². The van der Waals surface area contributed by atoms with E-state index in [2.05, 4.69) is 0 Å². The van der Waals surface area contributed by atoms with Gasteiger partial charge in [0.05, 0.1) is 19.4 Å². The Morgan fingerprint density at radius 2 is 1.96 bits per heavy atom. The molecule has 0 radical (unpaired) electrons. The lowest BCUT2D eigenvalue weighted by atomic mass is 10.1. The Bertz CT molecular complexity index is 670. The second-order valence-corrected chi connectivity index (χ2v) is 7.05. The van der Waals surface area contributed by atoms with E-state index in [1.807, 2.05) is 29.6 Å². The number of hydrogen-bond acceptors (Lipinski definition) is 4. The maximum Gasteiger partial charge on any atom is 0.310 e. The number of rotatable bonds is 7. The molecule has 0 aliphatic rings.